The van der Waals surface area contributed by atoms with E-state index in [1.165, 1.54) is 17.4 Å². The summed E-state index contributed by atoms with van der Waals surface area (Å²) in [6, 6.07) is 4.76. The second-order valence-electron chi connectivity index (χ2n) is 5.45. The van der Waals surface area contributed by atoms with Gasteiger partial charge in [0.2, 0.25) is 5.91 Å². The Labute approximate surface area is 142 Å². The summed E-state index contributed by atoms with van der Waals surface area (Å²) < 4.78 is 5.34. The Balaban J connectivity index is 1.64. The number of hydrogen-bond acceptors (Lipinski definition) is 6. The predicted molar refractivity (Wildman–Crippen MR) is 88.1 cm³/mol. The third-order valence-electron chi connectivity index (χ3n) is 3.78. The molecule has 0 spiro atoms. The number of hydrogen-bond donors (Lipinski definition) is 3. The molecule has 7 nitrogen and oxygen atoms in total. The summed E-state index contributed by atoms with van der Waals surface area (Å²) >= 11 is 1.49. The molecule has 3 N–H and O–H groups in total. The van der Waals surface area contributed by atoms with E-state index in [9.17, 15) is 14.6 Å². The van der Waals surface area contributed by atoms with Crippen LogP contribution in [0.2, 0.25) is 0 Å². The molecule has 1 aliphatic heterocycles. The first kappa shape index (κ1) is 16.5. The van der Waals surface area contributed by atoms with Crippen LogP contribution < -0.4 is 9.97 Å². The molecule has 24 heavy (non-hydrogen) atoms. The summed E-state index contributed by atoms with van der Waals surface area (Å²) in [5.74, 6) is -1.77. The van der Waals surface area contributed by atoms with Crippen LogP contribution in [0.15, 0.2) is 29.9 Å². The molecule has 1 aromatic carbocycles. The predicted octanol–water partition coefficient (Wildman–Crippen LogP) is 0.914. The Morgan fingerprint density at radius 1 is 1.46 bits per heavy atom. The fourth-order valence-electron chi connectivity index (χ4n) is 2.60. The van der Waals surface area contributed by atoms with E-state index in [2.05, 4.69) is 10.3 Å². The van der Waals surface area contributed by atoms with Crippen molar-refractivity contribution in [3.05, 3.63) is 45.9 Å². The Hall–Kier alpha value is -2.39. The standard InChI is InChI=1S/C15H15BN2O5S/c19-13(5-4-10-7-17-8-24-10)18-12-6-9-2-1-3-11(15(20)21)14(9)23-16(12)22/h1-3,7-8,12,22H,4-6H2,(H,18,19)(H,20,21)/t12-/m0/s1. The number of para-hydroxylation sites is 1. The Kier molecular flexibility index (Phi) is 4.82. The summed E-state index contributed by atoms with van der Waals surface area (Å²) in [5, 5.41) is 22.0. The number of thiazole rings is 1. The second kappa shape index (κ2) is 7.02. The zero-order valence-corrected chi connectivity index (χ0v) is 13.5. The van der Waals surface area contributed by atoms with Crippen LogP contribution in [0.25, 0.3) is 0 Å². The normalized spacial score (nSPS) is 16.2. The molecule has 124 valence electrons. The molecule has 0 saturated carbocycles. The zero-order valence-electron chi connectivity index (χ0n) is 12.6. The molecular weight excluding hydrogens is 331 g/mol. The molecule has 1 aliphatic rings. The molecule has 0 saturated heterocycles. The van der Waals surface area contributed by atoms with Crippen molar-refractivity contribution in [2.45, 2.75) is 25.2 Å². The first-order valence-electron chi connectivity index (χ1n) is 7.41. The fraction of sp³-hybridized carbons (Fsp3) is 0.267. The van der Waals surface area contributed by atoms with Crippen LogP contribution in [-0.2, 0) is 17.6 Å². The highest BCUT2D eigenvalue weighted by atomic mass is 32.1. The van der Waals surface area contributed by atoms with Crippen molar-refractivity contribution in [2.24, 2.45) is 0 Å². The summed E-state index contributed by atoms with van der Waals surface area (Å²) in [4.78, 5) is 28.2. The molecule has 0 radical (unpaired) electrons. The van der Waals surface area contributed by atoms with E-state index in [4.69, 9.17) is 9.76 Å². The first-order valence-corrected chi connectivity index (χ1v) is 8.29. The van der Waals surface area contributed by atoms with E-state index in [1.807, 2.05) is 0 Å². The number of carbonyl (C=O) groups is 2. The van der Waals surface area contributed by atoms with Gasteiger partial charge < -0.3 is 20.1 Å². The highest BCUT2D eigenvalue weighted by Gasteiger charge is 2.37. The third kappa shape index (κ3) is 3.57. The van der Waals surface area contributed by atoms with Gasteiger partial charge in [-0.05, 0) is 24.5 Å². The van der Waals surface area contributed by atoms with Crippen molar-refractivity contribution in [1.29, 1.82) is 0 Å². The average Bonchev–Trinajstić information content (AvgIpc) is 3.06. The van der Waals surface area contributed by atoms with E-state index in [1.54, 1.807) is 23.8 Å². The van der Waals surface area contributed by atoms with Crippen molar-refractivity contribution in [2.75, 3.05) is 0 Å². The zero-order chi connectivity index (χ0) is 17.1. The minimum Gasteiger partial charge on any atom is -0.534 e. The number of aryl methyl sites for hydroxylation is 1. The van der Waals surface area contributed by atoms with Crippen LogP contribution in [0, 0.1) is 0 Å². The third-order valence-corrected chi connectivity index (χ3v) is 4.62. The number of fused-ring (bicyclic) bond motifs is 1. The van der Waals surface area contributed by atoms with E-state index < -0.39 is 19.0 Å². The summed E-state index contributed by atoms with van der Waals surface area (Å²) in [7, 11) is -1.29. The number of carboxylic acid groups (broad SMARTS) is 1. The molecule has 0 fully saturated rings. The van der Waals surface area contributed by atoms with Gasteiger partial charge in [0.15, 0.2) is 0 Å². The number of benzene rings is 1. The topological polar surface area (TPSA) is 109 Å². The number of nitrogens with one attached hydrogen (secondary N) is 1. The van der Waals surface area contributed by atoms with Crippen LogP contribution in [0.5, 0.6) is 5.75 Å². The smallest absolute Gasteiger partial charge is 0.534 e. The molecule has 1 atom stereocenters. The monoisotopic (exact) mass is 346 g/mol. The molecule has 2 aromatic rings. The maximum Gasteiger partial charge on any atom is 0.547 e. The van der Waals surface area contributed by atoms with Gasteiger partial charge in [-0.1, -0.05) is 12.1 Å². The lowest BCUT2D eigenvalue weighted by atomic mass is 9.72. The lowest BCUT2D eigenvalue weighted by molar-refractivity contribution is -0.121. The van der Waals surface area contributed by atoms with Gasteiger partial charge in [-0.2, -0.15) is 0 Å². The van der Waals surface area contributed by atoms with Crippen LogP contribution >= 0.6 is 11.3 Å². The van der Waals surface area contributed by atoms with E-state index in [0.29, 0.717) is 18.4 Å². The number of aromatic carboxylic acids is 1. The summed E-state index contributed by atoms with van der Waals surface area (Å²) in [6.45, 7) is 0. The van der Waals surface area contributed by atoms with Crippen LogP contribution in [0.1, 0.15) is 27.2 Å². The van der Waals surface area contributed by atoms with Gasteiger partial charge in [-0.25, -0.2) is 4.79 Å². The molecule has 0 bridgehead atoms. The van der Waals surface area contributed by atoms with Crippen molar-refractivity contribution in [1.82, 2.24) is 10.3 Å². The number of aromatic nitrogens is 1. The van der Waals surface area contributed by atoms with Gasteiger partial charge >= 0.3 is 13.1 Å². The quantitative estimate of drug-likeness (QED) is 0.695. The highest BCUT2D eigenvalue weighted by Crippen LogP contribution is 2.30. The van der Waals surface area contributed by atoms with E-state index in [0.717, 1.165) is 4.88 Å². The van der Waals surface area contributed by atoms with Crippen molar-refractivity contribution in [3.63, 3.8) is 0 Å². The molecule has 0 unspecified atom stereocenters. The molecule has 1 aromatic heterocycles. The van der Waals surface area contributed by atoms with Gasteiger partial charge in [-0.3, -0.25) is 9.78 Å². The van der Waals surface area contributed by atoms with Crippen LogP contribution in [-0.4, -0.2) is 40.1 Å². The maximum atomic E-state index is 12.1. The highest BCUT2D eigenvalue weighted by molar-refractivity contribution is 7.09. The Morgan fingerprint density at radius 3 is 3.00 bits per heavy atom. The van der Waals surface area contributed by atoms with Gasteiger partial charge in [0, 0.05) is 17.5 Å². The Morgan fingerprint density at radius 2 is 2.29 bits per heavy atom. The number of nitrogens with zero attached hydrogens (tertiary/aromatic N) is 1. The Bertz CT molecular complexity index is 752. The number of amides is 1. The molecule has 9 heteroatoms. The largest absolute Gasteiger partial charge is 0.547 e. The molecule has 2 heterocycles. The number of carbonyl (C=O) groups excluding carboxylic acids is 1. The van der Waals surface area contributed by atoms with Crippen molar-refractivity contribution >= 4 is 30.3 Å². The van der Waals surface area contributed by atoms with E-state index >= 15 is 0 Å². The fourth-order valence-corrected chi connectivity index (χ4v) is 3.20. The number of rotatable bonds is 5. The number of carboxylic acids is 1. The van der Waals surface area contributed by atoms with Gasteiger partial charge in [-0.15, -0.1) is 11.3 Å². The minimum absolute atomic E-state index is 0.00141. The summed E-state index contributed by atoms with van der Waals surface area (Å²) in [5.41, 5.74) is 2.36. The lowest BCUT2D eigenvalue weighted by Crippen LogP contribution is -2.53. The van der Waals surface area contributed by atoms with Crippen molar-refractivity contribution in [3.8, 4) is 5.75 Å². The SMILES string of the molecule is O=C(CCc1cncs1)N[C@H]1Cc2cccc(C(=O)O)c2OB1O. The van der Waals surface area contributed by atoms with E-state index in [-0.39, 0.29) is 23.6 Å². The van der Waals surface area contributed by atoms with Gasteiger partial charge in [0.1, 0.15) is 5.75 Å². The van der Waals surface area contributed by atoms with Crippen LogP contribution in [0.4, 0.5) is 0 Å². The second-order valence-corrected chi connectivity index (χ2v) is 6.42. The molecular formula is C15H15BN2O5S. The summed E-state index contributed by atoms with van der Waals surface area (Å²) in [6.07, 6.45) is 2.90. The van der Waals surface area contributed by atoms with Gasteiger partial charge in [0.25, 0.3) is 0 Å². The first-order chi connectivity index (χ1) is 11.5. The molecule has 3 rings (SSSR count). The molecule has 1 amide bonds. The van der Waals surface area contributed by atoms with Gasteiger partial charge in [0.05, 0.1) is 17.0 Å². The van der Waals surface area contributed by atoms with Crippen LogP contribution in [0.3, 0.4) is 0 Å². The average molecular weight is 346 g/mol. The lowest BCUT2D eigenvalue weighted by Gasteiger charge is -2.28. The minimum atomic E-state index is -1.29. The molecule has 0 aliphatic carbocycles. The van der Waals surface area contributed by atoms with Crippen molar-refractivity contribution < 1.29 is 24.4 Å². The maximum absolute atomic E-state index is 12.1.